The Morgan fingerprint density at radius 2 is 1.57 bits per heavy atom. The van der Waals surface area contributed by atoms with Crippen molar-refractivity contribution in [3.63, 3.8) is 0 Å². The zero-order chi connectivity index (χ0) is 20.3. The second-order valence-electron chi connectivity index (χ2n) is 7.72. The van der Waals surface area contributed by atoms with Gasteiger partial charge < -0.3 is 58.9 Å². The molecule has 1 aliphatic rings. The topological polar surface area (TPSA) is 27.1 Å². The van der Waals surface area contributed by atoms with Gasteiger partial charge in [-0.15, -0.1) is 0 Å². The standard InChI is InChI=1S/C27H24N2O.4ClH.Ti/c1-30-24-13-12-22-14-25(21-10-6-3-7-11-21)27(26(22)16-24)15-23-17-28-19-29(23)18-20-8-4-2-5-9-20;;;;;/h2-13,15-17,19,25H,14,18H2,1H3;4*1H;/q;;;;;+4/p-4/b27-15+;;;;;. The first kappa shape index (κ1) is 33.3. The first-order valence-corrected chi connectivity index (χ1v) is 10.3. The van der Waals surface area contributed by atoms with Gasteiger partial charge in [0.1, 0.15) is 5.75 Å². The number of allylic oxidation sites excluding steroid dienone is 1. The fourth-order valence-electron chi connectivity index (χ4n) is 4.33. The molecule has 180 valence electrons. The molecule has 1 heterocycles. The van der Waals surface area contributed by atoms with Gasteiger partial charge in [-0.2, -0.15) is 0 Å². The number of aromatic nitrogens is 2. The Balaban J connectivity index is 0.00000231. The Hall–Kier alpha value is -1.72. The normalized spacial score (nSPS) is 14.2. The van der Waals surface area contributed by atoms with E-state index in [2.05, 4.69) is 88.4 Å². The van der Waals surface area contributed by atoms with Gasteiger partial charge in [-0.05, 0) is 52.5 Å². The van der Waals surface area contributed by atoms with E-state index in [-0.39, 0.29) is 71.3 Å². The van der Waals surface area contributed by atoms with Crippen LogP contribution in [-0.2, 0) is 34.7 Å². The van der Waals surface area contributed by atoms with E-state index < -0.39 is 0 Å². The molecule has 1 aromatic heterocycles. The number of ether oxygens (including phenoxy) is 1. The van der Waals surface area contributed by atoms with Crippen molar-refractivity contribution in [3.05, 3.63) is 119 Å². The molecule has 0 aliphatic heterocycles. The first-order valence-electron chi connectivity index (χ1n) is 10.3. The second kappa shape index (κ2) is 15.4. The fourth-order valence-corrected chi connectivity index (χ4v) is 4.33. The molecule has 0 N–H and O–H groups in total. The van der Waals surface area contributed by atoms with E-state index in [1.165, 1.54) is 27.8 Å². The third-order valence-electron chi connectivity index (χ3n) is 5.87. The zero-order valence-corrected chi connectivity index (χ0v) is 23.6. The predicted molar refractivity (Wildman–Crippen MR) is 122 cm³/mol. The van der Waals surface area contributed by atoms with Crippen LogP contribution in [-0.4, -0.2) is 16.7 Å². The van der Waals surface area contributed by atoms with Crippen molar-refractivity contribution in [3.8, 4) is 5.75 Å². The molecule has 35 heavy (non-hydrogen) atoms. The zero-order valence-electron chi connectivity index (χ0n) is 19.0. The van der Waals surface area contributed by atoms with Gasteiger partial charge >= 0.3 is 21.7 Å². The van der Waals surface area contributed by atoms with Crippen LogP contribution in [0.2, 0.25) is 0 Å². The quantitative estimate of drug-likeness (QED) is 0.220. The average Bonchev–Trinajstić information content (AvgIpc) is 3.39. The smallest absolute Gasteiger partial charge is 1.00 e. The summed E-state index contributed by atoms with van der Waals surface area (Å²) in [4.78, 5) is 4.44. The van der Waals surface area contributed by atoms with E-state index in [4.69, 9.17) is 4.74 Å². The molecule has 0 fully saturated rings. The molecule has 1 unspecified atom stereocenters. The third-order valence-corrected chi connectivity index (χ3v) is 5.87. The minimum atomic E-state index is 0. The van der Waals surface area contributed by atoms with Gasteiger partial charge in [0, 0.05) is 12.5 Å². The van der Waals surface area contributed by atoms with E-state index in [1.54, 1.807) is 7.11 Å². The van der Waals surface area contributed by atoms with E-state index in [0.29, 0.717) is 5.92 Å². The number of hydrogen-bond donors (Lipinski definition) is 0. The van der Waals surface area contributed by atoms with Crippen LogP contribution in [0.4, 0.5) is 0 Å². The van der Waals surface area contributed by atoms with Gasteiger partial charge in [0.2, 0.25) is 0 Å². The molecule has 0 spiro atoms. The van der Waals surface area contributed by atoms with Crippen LogP contribution in [0.3, 0.4) is 0 Å². The van der Waals surface area contributed by atoms with Crippen LogP contribution < -0.4 is 54.4 Å². The van der Waals surface area contributed by atoms with Crippen LogP contribution in [0, 0.1) is 0 Å². The Morgan fingerprint density at radius 3 is 2.23 bits per heavy atom. The maximum atomic E-state index is 5.52. The second-order valence-corrected chi connectivity index (χ2v) is 7.72. The summed E-state index contributed by atoms with van der Waals surface area (Å²) >= 11 is 0. The molecule has 5 rings (SSSR count). The Morgan fingerprint density at radius 1 is 0.914 bits per heavy atom. The summed E-state index contributed by atoms with van der Waals surface area (Å²) in [5.41, 5.74) is 7.69. The van der Waals surface area contributed by atoms with E-state index in [9.17, 15) is 0 Å². The number of rotatable bonds is 5. The van der Waals surface area contributed by atoms with Gasteiger partial charge in [-0.25, -0.2) is 4.98 Å². The molecule has 0 saturated heterocycles. The minimum Gasteiger partial charge on any atom is -1.00 e. The number of methoxy groups -OCH3 is 1. The summed E-state index contributed by atoms with van der Waals surface area (Å²) in [6, 6.07) is 27.7. The van der Waals surface area contributed by atoms with Crippen molar-refractivity contribution in [2.75, 3.05) is 7.11 Å². The predicted octanol–water partition coefficient (Wildman–Crippen LogP) is -6.17. The van der Waals surface area contributed by atoms with Crippen molar-refractivity contribution < 1.29 is 76.1 Å². The van der Waals surface area contributed by atoms with Gasteiger partial charge in [-0.3, -0.25) is 0 Å². The number of halogens is 4. The number of benzene rings is 3. The van der Waals surface area contributed by atoms with E-state index in [1.807, 2.05) is 18.6 Å². The molecule has 0 bridgehead atoms. The van der Waals surface area contributed by atoms with Crippen LogP contribution in [0.25, 0.3) is 11.6 Å². The number of hydrogen-bond acceptors (Lipinski definition) is 2. The van der Waals surface area contributed by atoms with Gasteiger partial charge in [0.15, 0.2) is 0 Å². The van der Waals surface area contributed by atoms with Crippen molar-refractivity contribution >= 4 is 11.6 Å². The average molecular weight is 582 g/mol. The molecular formula is C27H24Cl4N2OTi. The minimum absolute atomic E-state index is 0. The van der Waals surface area contributed by atoms with Gasteiger partial charge in [0.05, 0.1) is 25.3 Å². The molecule has 3 aromatic carbocycles. The fraction of sp³-hybridized carbons (Fsp3) is 0.148. The van der Waals surface area contributed by atoms with Crippen molar-refractivity contribution in [2.45, 2.75) is 18.9 Å². The summed E-state index contributed by atoms with van der Waals surface area (Å²) in [6.07, 6.45) is 7.18. The maximum Gasteiger partial charge on any atom is 4.00 e. The molecule has 4 aromatic rings. The number of nitrogens with zero attached hydrogens (tertiary/aromatic N) is 2. The number of fused-ring (bicyclic) bond motifs is 1. The Bertz CT molecular complexity index is 1200. The summed E-state index contributed by atoms with van der Waals surface area (Å²) in [6.45, 7) is 0.806. The Labute approximate surface area is 246 Å². The molecular weight excluding hydrogens is 558 g/mol. The van der Waals surface area contributed by atoms with E-state index >= 15 is 0 Å². The first-order chi connectivity index (χ1) is 14.8. The molecule has 8 heteroatoms. The van der Waals surface area contributed by atoms with Crippen molar-refractivity contribution in [2.24, 2.45) is 0 Å². The van der Waals surface area contributed by atoms with Crippen LogP contribution >= 0.6 is 0 Å². The summed E-state index contributed by atoms with van der Waals surface area (Å²) in [7, 11) is 1.73. The molecule has 1 aliphatic carbocycles. The largest absolute Gasteiger partial charge is 4.00 e. The van der Waals surface area contributed by atoms with Gasteiger partial charge in [-0.1, -0.05) is 66.7 Å². The molecule has 3 nitrogen and oxygen atoms in total. The molecule has 0 saturated carbocycles. The van der Waals surface area contributed by atoms with Crippen LogP contribution in [0.5, 0.6) is 5.75 Å². The summed E-state index contributed by atoms with van der Waals surface area (Å²) < 4.78 is 7.73. The monoisotopic (exact) mass is 580 g/mol. The van der Waals surface area contributed by atoms with E-state index in [0.717, 1.165) is 24.4 Å². The molecule has 0 amide bonds. The van der Waals surface area contributed by atoms with Crippen molar-refractivity contribution in [1.82, 2.24) is 9.55 Å². The van der Waals surface area contributed by atoms with Crippen LogP contribution in [0.1, 0.15) is 33.9 Å². The van der Waals surface area contributed by atoms with Crippen LogP contribution in [0.15, 0.2) is 91.4 Å². The number of imidazole rings is 1. The molecule has 0 radical (unpaired) electrons. The van der Waals surface area contributed by atoms with Gasteiger partial charge in [0.25, 0.3) is 0 Å². The third kappa shape index (κ3) is 7.39. The SMILES string of the molecule is COc1ccc2c(c1)/C(=C/c1cncn1Cc1ccccc1)C(c1ccccc1)C2.[Cl-].[Cl-].[Cl-].[Cl-].[Ti+4]. The summed E-state index contributed by atoms with van der Waals surface area (Å²) in [5, 5.41) is 0. The van der Waals surface area contributed by atoms with Crippen molar-refractivity contribution in [1.29, 1.82) is 0 Å². The Kier molecular flexibility index (Phi) is 14.7. The summed E-state index contributed by atoms with van der Waals surface area (Å²) in [5.74, 6) is 1.22. The maximum absolute atomic E-state index is 5.52. The molecule has 1 atom stereocenters.